The van der Waals surface area contributed by atoms with Crippen molar-refractivity contribution >= 4 is 29.2 Å². The Balaban J connectivity index is 1.74. The first kappa shape index (κ1) is 20.0. The van der Waals surface area contributed by atoms with Crippen LogP contribution in [0.4, 0.5) is 11.4 Å². The lowest BCUT2D eigenvalue weighted by molar-refractivity contribution is -0.153. The Morgan fingerprint density at radius 1 is 0.926 bits per heavy atom. The lowest BCUT2D eigenvalue weighted by atomic mass is 10.2. The number of amides is 2. The van der Waals surface area contributed by atoms with Crippen LogP contribution < -0.4 is 15.4 Å². The molecule has 0 fully saturated rings. The van der Waals surface area contributed by atoms with Gasteiger partial charge in [-0.05, 0) is 43.3 Å². The molecule has 0 radical (unpaired) electrons. The third-order valence-corrected chi connectivity index (χ3v) is 3.47. The Kier molecular flexibility index (Phi) is 7.37. The topological polar surface area (TPSA) is 93.7 Å². The molecule has 2 rings (SSSR count). The van der Waals surface area contributed by atoms with Crippen LogP contribution in [-0.4, -0.2) is 30.5 Å². The molecule has 0 bridgehead atoms. The van der Waals surface area contributed by atoms with Crippen molar-refractivity contribution in [3.63, 3.8) is 0 Å². The number of hydrogen-bond donors (Lipinski definition) is 2. The minimum atomic E-state index is -0.941. The van der Waals surface area contributed by atoms with E-state index in [0.717, 1.165) is 0 Å². The number of nitrogens with one attached hydrogen (secondary N) is 2. The van der Waals surface area contributed by atoms with Crippen molar-refractivity contribution in [2.75, 3.05) is 17.2 Å². The first-order chi connectivity index (χ1) is 12.9. The van der Waals surface area contributed by atoms with Gasteiger partial charge in [-0.15, -0.1) is 0 Å². The molecule has 2 N–H and O–H groups in total. The summed E-state index contributed by atoms with van der Waals surface area (Å²) in [5, 5.41) is 5.28. The summed E-state index contributed by atoms with van der Waals surface area (Å²) in [6, 6.07) is 15.7. The van der Waals surface area contributed by atoms with Gasteiger partial charge in [0.05, 0.1) is 13.0 Å². The maximum Gasteiger partial charge on any atom is 0.310 e. The number of benzene rings is 2. The largest absolute Gasteiger partial charge is 0.493 e. The van der Waals surface area contributed by atoms with E-state index < -0.39 is 18.0 Å². The summed E-state index contributed by atoms with van der Waals surface area (Å²) >= 11 is 0. The summed E-state index contributed by atoms with van der Waals surface area (Å²) in [7, 11) is 0. The van der Waals surface area contributed by atoms with Crippen molar-refractivity contribution in [2.45, 2.75) is 26.4 Å². The first-order valence-corrected chi connectivity index (χ1v) is 8.50. The molecule has 7 heteroatoms. The number of carbonyl (C=O) groups is 3. The van der Waals surface area contributed by atoms with Gasteiger partial charge in [0.1, 0.15) is 5.75 Å². The molecule has 0 aromatic heterocycles. The smallest absolute Gasteiger partial charge is 0.310 e. The van der Waals surface area contributed by atoms with Crippen molar-refractivity contribution < 1.29 is 23.9 Å². The molecule has 0 aliphatic heterocycles. The van der Waals surface area contributed by atoms with Crippen LogP contribution >= 0.6 is 0 Å². The first-order valence-electron chi connectivity index (χ1n) is 8.50. The molecular weight excluding hydrogens is 348 g/mol. The fourth-order valence-corrected chi connectivity index (χ4v) is 2.16. The SMILES string of the molecule is CC(=O)Nc1ccc(NC(=O)[C@@H](C)OC(=O)CCOc2ccccc2)cc1. The predicted molar refractivity (Wildman–Crippen MR) is 101 cm³/mol. The van der Waals surface area contributed by atoms with E-state index in [0.29, 0.717) is 17.1 Å². The second kappa shape index (κ2) is 9.96. The van der Waals surface area contributed by atoms with Crippen molar-refractivity contribution in [3.8, 4) is 5.75 Å². The average molecular weight is 370 g/mol. The molecule has 7 nitrogen and oxygen atoms in total. The zero-order chi connectivity index (χ0) is 19.6. The number of ether oxygens (including phenoxy) is 2. The molecule has 0 heterocycles. The Bertz CT molecular complexity index is 775. The fraction of sp³-hybridized carbons (Fsp3) is 0.250. The second-order valence-corrected chi connectivity index (χ2v) is 5.79. The number of esters is 1. The van der Waals surface area contributed by atoms with Crippen LogP contribution in [-0.2, 0) is 19.1 Å². The molecule has 0 saturated heterocycles. The maximum atomic E-state index is 12.1. The van der Waals surface area contributed by atoms with Crippen molar-refractivity contribution in [1.82, 2.24) is 0 Å². The van der Waals surface area contributed by atoms with Crippen LogP contribution in [0.25, 0.3) is 0 Å². The second-order valence-electron chi connectivity index (χ2n) is 5.79. The summed E-state index contributed by atoms with van der Waals surface area (Å²) in [5.74, 6) is -0.475. The molecule has 142 valence electrons. The van der Waals surface area contributed by atoms with E-state index in [1.165, 1.54) is 13.8 Å². The molecule has 0 unspecified atom stereocenters. The third kappa shape index (κ3) is 7.19. The van der Waals surface area contributed by atoms with Crippen LogP contribution in [0.2, 0.25) is 0 Å². The van der Waals surface area contributed by atoms with E-state index in [2.05, 4.69) is 10.6 Å². The summed E-state index contributed by atoms with van der Waals surface area (Å²) in [6.45, 7) is 3.08. The van der Waals surface area contributed by atoms with Gasteiger partial charge >= 0.3 is 5.97 Å². The Morgan fingerprint density at radius 3 is 2.11 bits per heavy atom. The van der Waals surface area contributed by atoms with Gasteiger partial charge < -0.3 is 20.1 Å². The van der Waals surface area contributed by atoms with Crippen molar-refractivity contribution in [3.05, 3.63) is 54.6 Å². The lowest BCUT2D eigenvalue weighted by Gasteiger charge is -2.14. The molecule has 0 aliphatic rings. The quantitative estimate of drug-likeness (QED) is 0.697. The summed E-state index contributed by atoms with van der Waals surface area (Å²) in [4.78, 5) is 34.9. The van der Waals surface area contributed by atoms with Crippen LogP contribution in [0.5, 0.6) is 5.75 Å². The van der Waals surface area contributed by atoms with Gasteiger partial charge in [0.25, 0.3) is 5.91 Å². The van der Waals surface area contributed by atoms with E-state index >= 15 is 0 Å². The number of rotatable bonds is 8. The molecule has 1 atom stereocenters. The van der Waals surface area contributed by atoms with Gasteiger partial charge in [-0.3, -0.25) is 14.4 Å². The van der Waals surface area contributed by atoms with Gasteiger partial charge in [0, 0.05) is 18.3 Å². The van der Waals surface area contributed by atoms with E-state index in [4.69, 9.17) is 9.47 Å². The zero-order valence-electron chi connectivity index (χ0n) is 15.2. The summed E-state index contributed by atoms with van der Waals surface area (Å²) in [5.41, 5.74) is 1.16. The number of carbonyl (C=O) groups excluding carboxylic acids is 3. The van der Waals surface area contributed by atoms with E-state index in [-0.39, 0.29) is 18.9 Å². The van der Waals surface area contributed by atoms with E-state index in [1.807, 2.05) is 18.2 Å². The van der Waals surface area contributed by atoms with Gasteiger partial charge in [0.2, 0.25) is 5.91 Å². The number of hydrogen-bond acceptors (Lipinski definition) is 5. The maximum absolute atomic E-state index is 12.1. The minimum Gasteiger partial charge on any atom is -0.493 e. The van der Waals surface area contributed by atoms with Crippen LogP contribution in [0.3, 0.4) is 0 Å². The Hall–Kier alpha value is -3.35. The molecule has 0 spiro atoms. The molecule has 27 heavy (non-hydrogen) atoms. The molecule has 2 aromatic carbocycles. The van der Waals surface area contributed by atoms with Crippen LogP contribution in [0.15, 0.2) is 54.6 Å². The minimum absolute atomic E-state index is 0.0396. The van der Waals surface area contributed by atoms with Crippen molar-refractivity contribution in [1.29, 1.82) is 0 Å². The average Bonchev–Trinajstić information content (AvgIpc) is 2.63. The number of anilines is 2. The predicted octanol–water partition coefficient (Wildman–Crippen LogP) is 2.98. The normalized spacial score (nSPS) is 11.2. The van der Waals surface area contributed by atoms with E-state index in [1.54, 1.807) is 36.4 Å². The molecule has 2 amide bonds. The summed E-state index contributed by atoms with van der Waals surface area (Å²) in [6.07, 6.45) is -0.901. The third-order valence-electron chi connectivity index (χ3n) is 3.47. The monoisotopic (exact) mass is 370 g/mol. The standard InChI is InChI=1S/C20H22N2O5/c1-14(27-19(24)12-13-26-18-6-4-3-5-7-18)20(25)22-17-10-8-16(9-11-17)21-15(2)23/h3-11,14H,12-13H2,1-2H3,(H,21,23)(H,22,25)/t14-/m1/s1. The molecule has 2 aromatic rings. The fourth-order valence-electron chi connectivity index (χ4n) is 2.16. The van der Waals surface area contributed by atoms with Crippen molar-refractivity contribution in [2.24, 2.45) is 0 Å². The van der Waals surface area contributed by atoms with Crippen LogP contribution in [0, 0.1) is 0 Å². The highest BCUT2D eigenvalue weighted by molar-refractivity contribution is 5.95. The Labute approximate surface area is 157 Å². The lowest BCUT2D eigenvalue weighted by Crippen LogP contribution is -2.30. The van der Waals surface area contributed by atoms with Gasteiger partial charge in [0.15, 0.2) is 6.10 Å². The molecular formula is C20H22N2O5. The highest BCUT2D eigenvalue weighted by atomic mass is 16.5. The zero-order valence-corrected chi connectivity index (χ0v) is 15.2. The number of para-hydroxylation sites is 1. The highest BCUT2D eigenvalue weighted by Crippen LogP contribution is 2.14. The van der Waals surface area contributed by atoms with Gasteiger partial charge in [-0.1, -0.05) is 18.2 Å². The highest BCUT2D eigenvalue weighted by Gasteiger charge is 2.18. The molecule has 0 saturated carbocycles. The van der Waals surface area contributed by atoms with Gasteiger partial charge in [-0.25, -0.2) is 0 Å². The van der Waals surface area contributed by atoms with Gasteiger partial charge in [-0.2, -0.15) is 0 Å². The summed E-state index contributed by atoms with van der Waals surface area (Å²) < 4.78 is 10.5. The Morgan fingerprint density at radius 2 is 1.52 bits per heavy atom. The molecule has 0 aliphatic carbocycles. The van der Waals surface area contributed by atoms with E-state index in [9.17, 15) is 14.4 Å². The van der Waals surface area contributed by atoms with Crippen LogP contribution in [0.1, 0.15) is 20.3 Å².